The molecule has 1 fully saturated rings. The van der Waals surface area contributed by atoms with Gasteiger partial charge in [-0.25, -0.2) is 0 Å². The zero-order valence-corrected chi connectivity index (χ0v) is 15.1. The zero-order chi connectivity index (χ0) is 19.4. The molecule has 1 saturated carbocycles. The molecule has 0 aromatic heterocycles. The van der Waals surface area contributed by atoms with Crippen LogP contribution in [0.15, 0.2) is 48.5 Å². The first kappa shape index (κ1) is 18.6. The smallest absolute Gasteiger partial charge is 0.269 e. The van der Waals surface area contributed by atoms with Crippen LogP contribution in [0.3, 0.4) is 0 Å². The number of carbonyl (C=O) groups excluding carboxylic acids is 2. The molecule has 2 aromatic rings. The van der Waals surface area contributed by atoms with Crippen LogP contribution in [0.1, 0.15) is 35.2 Å². The monoisotopic (exact) mass is 367 g/mol. The van der Waals surface area contributed by atoms with Crippen molar-refractivity contribution in [3.8, 4) is 0 Å². The molecular weight excluding hydrogens is 346 g/mol. The maximum atomic E-state index is 12.6. The van der Waals surface area contributed by atoms with Crippen molar-refractivity contribution in [2.45, 2.75) is 31.7 Å². The third-order valence-corrected chi connectivity index (χ3v) is 4.85. The van der Waals surface area contributed by atoms with E-state index < -0.39 is 4.92 Å². The van der Waals surface area contributed by atoms with Gasteiger partial charge in [0, 0.05) is 36.5 Å². The Hall–Kier alpha value is -3.22. The highest BCUT2D eigenvalue weighted by Crippen LogP contribution is 2.25. The molecule has 2 aromatic carbocycles. The third kappa shape index (κ3) is 4.49. The number of benzene rings is 2. The molecule has 0 heterocycles. The summed E-state index contributed by atoms with van der Waals surface area (Å²) in [7, 11) is 1.81. The fraction of sp³-hybridized carbons (Fsp3) is 0.300. The van der Waals surface area contributed by atoms with Gasteiger partial charge < -0.3 is 10.2 Å². The van der Waals surface area contributed by atoms with Crippen molar-refractivity contribution in [1.29, 1.82) is 0 Å². The van der Waals surface area contributed by atoms with Crippen LogP contribution >= 0.6 is 0 Å². The SMILES string of the molecule is CN(C(=O)c1cccc(NC(=O)Cc2ccc([N+](=O)[O-])cc2)c1)C1CCC1. The Balaban J connectivity index is 1.62. The predicted octanol–water partition coefficient (Wildman–Crippen LogP) is 3.40. The summed E-state index contributed by atoms with van der Waals surface area (Å²) in [5.74, 6) is -0.299. The molecule has 1 N–H and O–H groups in total. The first-order valence-electron chi connectivity index (χ1n) is 8.84. The minimum absolute atomic E-state index is 0.0130. The summed E-state index contributed by atoms with van der Waals surface area (Å²) in [6.07, 6.45) is 3.32. The molecule has 7 heteroatoms. The van der Waals surface area contributed by atoms with Gasteiger partial charge in [-0.3, -0.25) is 19.7 Å². The number of nitro benzene ring substituents is 1. The lowest BCUT2D eigenvalue weighted by Crippen LogP contribution is -2.41. The van der Waals surface area contributed by atoms with E-state index in [2.05, 4.69) is 5.32 Å². The fourth-order valence-electron chi connectivity index (χ4n) is 3.00. The number of nitrogens with zero attached hydrogens (tertiary/aromatic N) is 2. The summed E-state index contributed by atoms with van der Waals surface area (Å²) in [4.78, 5) is 36.7. The summed E-state index contributed by atoms with van der Waals surface area (Å²) in [6.45, 7) is 0. The van der Waals surface area contributed by atoms with Gasteiger partial charge in [-0.1, -0.05) is 18.2 Å². The number of nitrogens with one attached hydrogen (secondary N) is 1. The van der Waals surface area contributed by atoms with E-state index in [1.165, 1.54) is 12.1 Å². The highest BCUT2D eigenvalue weighted by atomic mass is 16.6. The maximum Gasteiger partial charge on any atom is 0.269 e. The maximum absolute atomic E-state index is 12.6. The van der Waals surface area contributed by atoms with Gasteiger partial charge in [-0.15, -0.1) is 0 Å². The molecule has 0 saturated heterocycles. The van der Waals surface area contributed by atoms with Gasteiger partial charge in [-0.05, 0) is 43.0 Å². The van der Waals surface area contributed by atoms with Crippen LogP contribution in [0.5, 0.6) is 0 Å². The number of hydrogen-bond acceptors (Lipinski definition) is 4. The van der Waals surface area contributed by atoms with Crippen LogP contribution in [0.2, 0.25) is 0 Å². The lowest BCUT2D eigenvalue weighted by atomic mass is 9.91. The van der Waals surface area contributed by atoms with Gasteiger partial charge in [-0.2, -0.15) is 0 Å². The van der Waals surface area contributed by atoms with E-state index in [1.807, 2.05) is 7.05 Å². The van der Waals surface area contributed by atoms with Crippen molar-refractivity contribution in [2.24, 2.45) is 0 Å². The van der Waals surface area contributed by atoms with Gasteiger partial charge in [0.1, 0.15) is 0 Å². The van der Waals surface area contributed by atoms with E-state index in [4.69, 9.17) is 0 Å². The number of rotatable bonds is 6. The summed E-state index contributed by atoms with van der Waals surface area (Å²) in [5, 5.41) is 13.4. The van der Waals surface area contributed by atoms with Crippen molar-refractivity contribution in [3.05, 3.63) is 69.8 Å². The number of hydrogen-bond donors (Lipinski definition) is 1. The van der Waals surface area contributed by atoms with Gasteiger partial charge in [0.2, 0.25) is 5.91 Å². The Morgan fingerprint density at radius 2 is 1.89 bits per heavy atom. The van der Waals surface area contributed by atoms with Crippen molar-refractivity contribution >= 4 is 23.2 Å². The molecule has 3 rings (SSSR count). The number of amides is 2. The molecule has 0 spiro atoms. The Kier molecular flexibility index (Phi) is 5.49. The molecule has 0 atom stereocenters. The quantitative estimate of drug-likeness (QED) is 0.625. The minimum Gasteiger partial charge on any atom is -0.339 e. The van der Waals surface area contributed by atoms with Crippen LogP contribution < -0.4 is 5.32 Å². The standard InChI is InChI=1S/C20H21N3O4/c1-22(17-6-3-7-17)20(25)15-4-2-5-16(13-15)21-19(24)12-14-8-10-18(11-9-14)23(26)27/h2,4-5,8-11,13,17H,3,6-7,12H2,1H3,(H,21,24). The number of non-ortho nitro benzene ring substituents is 1. The van der Waals surface area contributed by atoms with Crippen LogP contribution in [-0.4, -0.2) is 34.7 Å². The highest BCUT2D eigenvalue weighted by Gasteiger charge is 2.26. The average molecular weight is 367 g/mol. The molecular formula is C20H21N3O4. The van der Waals surface area contributed by atoms with E-state index >= 15 is 0 Å². The topological polar surface area (TPSA) is 92.6 Å². The Labute approximate surface area is 157 Å². The zero-order valence-electron chi connectivity index (χ0n) is 15.1. The Morgan fingerprint density at radius 3 is 2.48 bits per heavy atom. The summed E-state index contributed by atoms with van der Waals surface area (Å²) in [5.41, 5.74) is 1.75. The summed E-state index contributed by atoms with van der Waals surface area (Å²) in [6, 6.07) is 13.1. The molecule has 140 valence electrons. The van der Waals surface area contributed by atoms with Crippen LogP contribution in [0, 0.1) is 10.1 Å². The van der Waals surface area contributed by atoms with E-state index in [0.29, 0.717) is 22.9 Å². The molecule has 2 amide bonds. The number of carbonyl (C=O) groups is 2. The van der Waals surface area contributed by atoms with E-state index in [0.717, 1.165) is 19.3 Å². The third-order valence-electron chi connectivity index (χ3n) is 4.85. The Bertz CT molecular complexity index is 860. The molecule has 0 radical (unpaired) electrons. The molecule has 0 bridgehead atoms. The largest absolute Gasteiger partial charge is 0.339 e. The average Bonchev–Trinajstić information content (AvgIpc) is 2.60. The van der Waals surface area contributed by atoms with Crippen LogP contribution in [-0.2, 0) is 11.2 Å². The van der Waals surface area contributed by atoms with Crippen molar-refractivity contribution in [2.75, 3.05) is 12.4 Å². The first-order chi connectivity index (χ1) is 12.9. The second-order valence-corrected chi connectivity index (χ2v) is 6.73. The fourth-order valence-corrected chi connectivity index (χ4v) is 3.00. The number of nitro groups is 1. The molecule has 27 heavy (non-hydrogen) atoms. The van der Waals surface area contributed by atoms with E-state index in [-0.39, 0.29) is 23.9 Å². The first-order valence-corrected chi connectivity index (χ1v) is 8.84. The normalized spacial score (nSPS) is 13.5. The van der Waals surface area contributed by atoms with Crippen LogP contribution in [0.4, 0.5) is 11.4 Å². The van der Waals surface area contributed by atoms with Gasteiger partial charge in [0.25, 0.3) is 11.6 Å². The van der Waals surface area contributed by atoms with E-state index in [1.54, 1.807) is 41.3 Å². The lowest BCUT2D eigenvalue weighted by Gasteiger charge is -2.34. The molecule has 1 aliphatic carbocycles. The highest BCUT2D eigenvalue weighted by molar-refractivity contribution is 5.97. The van der Waals surface area contributed by atoms with Crippen molar-refractivity contribution in [1.82, 2.24) is 4.90 Å². The number of anilines is 1. The molecule has 1 aliphatic rings. The van der Waals surface area contributed by atoms with Crippen molar-refractivity contribution in [3.63, 3.8) is 0 Å². The molecule has 0 aliphatic heterocycles. The van der Waals surface area contributed by atoms with E-state index in [9.17, 15) is 19.7 Å². The minimum atomic E-state index is -0.479. The second-order valence-electron chi connectivity index (χ2n) is 6.73. The van der Waals surface area contributed by atoms with Crippen molar-refractivity contribution < 1.29 is 14.5 Å². The molecule has 7 nitrogen and oxygen atoms in total. The Morgan fingerprint density at radius 1 is 1.19 bits per heavy atom. The summed E-state index contributed by atoms with van der Waals surface area (Å²) >= 11 is 0. The summed E-state index contributed by atoms with van der Waals surface area (Å²) < 4.78 is 0. The van der Waals surface area contributed by atoms with Gasteiger partial charge >= 0.3 is 0 Å². The van der Waals surface area contributed by atoms with Crippen LogP contribution in [0.25, 0.3) is 0 Å². The van der Waals surface area contributed by atoms with Gasteiger partial charge in [0.15, 0.2) is 0 Å². The molecule has 0 unspecified atom stereocenters. The second kappa shape index (κ2) is 7.99. The van der Waals surface area contributed by atoms with Gasteiger partial charge in [0.05, 0.1) is 11.3 Å². The predicted molar refractivity (Wildman–Crippen MR) is 102 cm³/mol. The lowest BCUT2D eigenvalue weighted by molar-refractivity contribution is -0.384.